The molecule has 110 valence electrons. The summed E-state index contributed by atoms with van der Waals surface area (Å²) in [7, 11) is 0. The van der Waals surface area contributed by atoms with Crippen molar-refractivity contribution in [3.63, 3.8) is 0 Å². The van der Waals surface area contributed by atoms with Crippen LogP contribution >= 0.6 is 0 Å². The van der Waals surface area contributed by atoms with Gasteiger partial charge in [-0.3, -0.25) is 9.59 Å². The lowest BCUT2D eigenvalue weighted by atomic mass is 9.97. The lowest BCUT2D eigenvalue weighted by Crippen LogP contribution is -2.30. The molecule has 5 heteroatoms. The molecule has 0 fully saturated rings. The normalized spacial score (nSPS) is 11.0. The van der Waals surface area contributed by atoms with Crippen molar-refractivity contribution >= 4 is 11.8 Å². The predicted octanol–water partition coefficient (Wildman–Crippen LogP) is 1.97. The van der Waals surface area contributed by atoms with Gasteiger partial charge in [0, 0.05) is 12.0 Å². The van der Waals surface area contributed by atoms with Crippen molar-refractivity contribution in [1.29, 1.82) is 0 Å². The highest BCUT2D eigenvalue weighted by Gasteiger charge is 2.24. The number of Topliss-reactive ketones (excluding diaryl/α,β-unsaturated/α-hetero) is 1. The molecule has 0 aliphatic heterocycles. The zero-order valence-electron chi connectivity index (χ0n) is 12.0. The fourth-order valence-electron chi connectivity index (χ4n) is 1.47. The van der Waals surface area contributed by atoms with E-state index in [1.165, 1.54) is 13.8 Å². The first-order chi connectivity index (χ1) is 9.34. The average Bonchev–Trinajstić information content (AvgIpc) is 2.42. The minimum atomic E-state index is -1.39. The van der Waals surface area contributed by atoms with E-state index in [9.17, 15) is 14.7 Å². The second kappa shape index (κ2) is 7.05. The second-order valence-electron chi connectivity index (χ2n) is 4.84. The molecule has 0 unspecified atom stereocenters. The molecule has 1 aromatic carbocycles. The van der Waals surface area contributed by atoms with Gasteiger partial charge in [-0.05, 0) is 38.1 Å². The van der Waals surface area contributed by atoms with E-state index in [-0.39, 0.29) is 25.0 Å². The third-order valence-corrected chi connectivity index (χ3v) is 2.58. The van der Waals surface area contributed by atoms with Gasteiger partial charge < -0.3 is 14.6 Å². The number of rotatable bonds is 7. The molecule has 1 N–H and O–H groups in total. The summed E-state index contributed by atoms with van der Waals surface area (Å²) in [5, 5.41) is 9.63. The van der Waals surface area contributed by atoms with Crippen LogP contribution in [0.15, 0.2) is 24.3 Å². The third-order valence-electron chi connectivity index (χ3n) is 2.58. The fraction of sp³-hybridized carbons (Fsp3) is 0.467. The van der Waals surface area contributed by atoms with Crippen LogP contribution in [-0.4, -0.2) is 35.7 Å². The summed E-state index contributed by atoms with van der Waals surface area (Å²) in [4.78, 5) is 22.7. The highest BCUT2D eigenvalue weighted by molar-refractivity contribution is 6.01. The van der Waals surface area contributed by atoms with E-state index in [4.69, 9.17) is 9.47 Å². The molecule has 1 aromatic rings. The zero-order valence-corrected chi connectivity index (χ0v) is 12.0. The van der Waals surface area contributed by atoms with Gasteiger partial charge in [0.15, 0.2) is 5.78 Å². The highest BCUT2D eigenvalue weighted by atomic mass is 16.6. The zero-order chi connectivity index (χ0) is 15.2. The molecule has 0 atom stereocenters. The Hall–Kier alpha value is -1.88. The number of ketones is 1. The van der Waals surface area contributed by atoms with Crippen LogP contribution in [0.1, 0.15) is 37.6 Å². The number of aliphatic hydroxyl groups is 1. The minimum absolute atomic E-state index is 0.191. The van der Waals surface area contributed by atoms with Gasteiger partial charge in [-0.15, -0.1) is 0 Å². The minimum Gasteiger partial charge on any atom is -0.490 e. The first-order valence-corrected chi connectivity index (χ1v) is 6.50. The number of esters is 1. The standard InChI is InChI=1S/C15H20O5/c1-4-13(16)20-10-9-19-12-7-5-11(6-8-12)14(17)15(2,3)18/h5-8,18H,4,9-10H2,1-3H3. The summed E-state index contributed by atoms with van der Waals surface area (Å²) in [5.41, 5.74) is -0.973. The van der Waals surface area contributed by atoms with Crippen LogP contribution in [0.4, 0.5) is 0 Å². The maximum atomic E-state index is 11.8. The molecular weight excluding hydrogens is 260 g/mol. The Morgan fingerprint density at radius 1 is 1.15 bits per heavy atom. The highest BCUT2D eigenvalue weighted by Crippen LogP contribution is 2.17. The number of carbonyl (C=O) groups excluding carboxylic acids is 2. The molecule has 0 saturated carbocycles. The topological polar surface area (TPSA) is 72.8 Å². The molecule has 0 spiro atoms. The van der Waals surface area contributed by atoms with E-state index >= 15 is 0 Å². The molecule has 5 nitrogen and oxygen atoms in total. The average molecular weight is 280 g/mol. The molecule has 0 radical (unpaired) electrons. The number of benzene rings is 1. The number of hydrogen-bond acceptors (Lipinski definition) is 5. The van der Waals surface area contributed by atoms with E-state index in [1.807, 2.05) is 0 Å². The lowest BCUT2D eigenvalue weighted by molar-refractivity contribution is -0.143. The summed E-state index contributed by atoms with van der Waals surface area (Å²) in [6.45, 7) is 5.06. The van der Waals surface area contributed by atoms with E-state index in [0.717, 1.165) is 0 Å². The largest absolute Gasteiger partial charge is 0.490 e. The summed E-state index contributed by atoms with van der Waals surface area (Å²) in [5.74, 6) is -0.0366. The molecule has 0 aliphatic rings. The van der Waals surface area contributed by atoms with Gasteiger partial charge in [0.2, 0.25) is 0 Å². The number of carbonyl (C=O) groups is 2. The quantitative estimate of drug-likeness (QED) is 0.469. The van der Waals surface area contributed by atoms with Crippen molar-refractivity contribution in [2.75, 3.05) is 13.2 Å². The molecule has 20 heavy (non-hydrogen) atoms. The van der Waals surface area contributed by atoms with Gasteiger partial charge in [-0.2, -0.15) is 0 Å². The smallest absolute Gasteiger partial charge is 0.305 e. The SMILES string of the molecule is CCC(=O)OCCOc1ccc(C(=O)C(C)(C)O)cc1. The first kappa shape index (κ1) is 16.2. The van der Waals surface area contributed by atoms with Gasteiger partial charge in [0.05, 0.1) is 0 Å². The van der Waals surface area contributed by atoms with Crippen LogP contribution in [0.2, 0.25) is 0 Å². The van der Waals surface area contributed by atoms with Gasteiger partial charge in [-0.25, -0.2) is 0 Å². The maximum absolute atomic E-state index is 11.8. The van der Waals surface area contributed by atoms with Crippen LogP contribution in [-0.2, 0) is 9.53 Å². The van der Waals surface area contributed by atoms with Crippen molar-refractivity contribution in [1.82, 2.24) is 0 Å². The lowest BCUT2D eigenvalue weighted by Gasteiger charge is -2.15. The summed E-state index contributed by atoms with van der Waals surface area (Å²) < 4.78 is 10.2. The van der Waals surface area contributed by atoms with Crippen molar-refractivity contribution in [3.05, 3.63) is 29.8 Å². The van der Waals surface area contributed by atoms with Crippen molar-refractivity contribution < 1.29 is 24.2 Å². The van der Waals surface area contributed by atoms with Gasteiger partial charge in [0.25, 0.3) is 0 Å². The van der Waals surface area contributed by atoms with Crippen molar-refractivity contribution in [2.24, 2.45) is 0 Å². The number of hydrogen-bond donors (Lipinski definition) is 1. The van der Waals surface area contributed by atoms with Crippen LogP contribution < -0.4 is 4.74 Å². The molecular formula is C15H20O5. The molecule has 1 rings (SSSR count). The Morgan fingerprint density at radius 2 is 1.75 bits per heavy atom. The third kappa shape index (κ3) is 5.01. The maximum Gasteiger partial charge on any atom is 0.305 e. The van der Waals surface area contributed by atoms with Crippen molar-refractivity contribution in [3.8, 4) is 5.75 Å². The number of ether oxygens (including phenoxy) is 2. The molecule has 0 aliphatic carbocycles. The fourth-order valence-corrected chi connectivity index (χ4v) is 1.47. The van der Waals surface area contributed by atoms with Gasteiger partial charge >= 0.3 is 5.97 Å². The summed E-state index contributed by atoms with van der Waals surface area (Å²) >= 11 is 0. The molecule has 0 aromatic heterocycles. The van der Waals surface area contributed by atoms with E-state index in [1.54, 1.807) is 31.2 Å². The van der Waals surface area contributed by atoms with Crippen LogP contribution in [0, 0.1) is 0 Å². The van der Waals surface area contributed by atoms with Crippen molar-refractivity contribution in [2.45, 2.75) is 32.8 Å². The Balaban J connectivity index is 2.47. The van der Waals surface area contributed by atoms with Crippen LogP contribution in [0.25, 0.3) is 0 Å². The molecule has 0 heterocycles. The van der Waals surface area contributed by atoms with Crippen LogP contribution in [0.3, 0.4) is 0 Å². The van der Waals surface area contributed by atoms with Gasteiger partial charge in [-0.1, -0.05) is 6.92 Å². The van der Waals surface area contributed by atoms with E-state index < -0.39 is 5.60 Å². The van der Waals surface area contributed by atoms with Crippen LogP contribution in [0.5, 0.6) is 5.75 Å². The second-order valence-corrected chi connectivity index (χ2v) is 4.84. The first-order valence-electron chi connectivity index (χ1n) is 6.50. The Kier molecular flexibility index (Phi) is 5.70. The Morgan fingerprint density at radius 3 is 2.25 bits per heavy atom. The predicted molar refractivity (Wildman–Crippen MR) is 73.8 cm³/mol. The summed E-state index contributed by atoms with van der Waals surface area (Å²) in [6.07, 6.45) is 0.341. The molecule has 0 amide bonds. The Bertz CT molecular complexity index is 456. The molecule has 0 saturated heterocycles. The summed E-state index contributed by atoms with van der Waals surface area (Å²) in [6, 6.07) is 6.46. The van der Waals surface area contributed by atoms with E-state index in [2.05, 4.69) is 0 Å². The Labute approximate surface area is 118 Å². The van der Waals surface area contributed by atoms with Gasteiger partial charge in [0.1, 0.15) is 24.6 Å². The molecule has 0 bridgehead atoms. The monoisotopic (exact) mass is 280 g/mol. The van der Waals surface area contributed by atoms with E-state index in [0.29, 0.717) is 17.7 Å².